The molecule has 0 fully saturated rings. The minimum atomic E-state index is -0.267. The number of hydrogen-bond donors (Lipinski definition) is 0. The third kappa shape index (κ3) is 4.82. The van der Waals surface area contributed by atoms with Crippen LogP contribution in [0.2, 0.25) is 5.02 Å². The van der Waals surface area contributed by atoms with E-state index in [0.717, 1.165) is 28.0 Å². The van der Waals surface area contributed by atoms with Gasteiger partial charge >= 0.3 is 5.69 Å². The van der Waals surface area contributed by atoms with Crippen LogP contribution in [0.4, 0.5) is 0 Å². The van der Waals surface area contributed by atoms with Crippen LogP contribution in [0, 0.1) is 12.8 Å². The molecular formula is C25H26ClN5O3. The normalized spacial score (nSPS) is 18.0. The average Bonchev–Trinajstić information content (AvgIpc) is 3.16. The summed E-state index contributed by atoms with van der Waals surface area (Å²) in [5.74, 6) is 0.697. The number of hydrogen-bond acceptors (Lipinski definition) is 6. The fourth-order valence-corrected chi connectivity index (χ4v) is 4.08. The fraction of sp³-hybridized carbons (Fsp3) is 0.280. The molecule has 0 saturated heterocycles. The summed E-state index contributed by atoms with van der Waals surface area (Å²) in [7, 11) is 3.11. The second kappa shape index (κ2) is 10.1. The third-order valence-electron chi connectivity index (χ3n) is 5.86. The van der Waals surface area contributed by atoms with Crippen LogP contribution in [-0.4, -0.2) is 39.2 Å². The van der Waals surface area contributed by atoms with E-state index >= 15 is 0 Å². The first-order valence-electron chi connectivity index (χ1n) is 10.8. The number of aryl methyl sites for hydroxylation is 2. The van der Waals surface area contributed by atoms with Crippen molar-refractivity contribution in [2.24, 2.45) is 18.1 Å². The van der Waals surface area contributed by atoms with Gasteiger partial charge in [0.2, 0.25) is 0 Å². The smallest absolute Gasteiger partial charge is 0.363 e. The Morgan fingerprint density at radius 3 is 2.50 bits per heavy atom. The Bertz CT molecular complexity index is 1320. The Balaban J connectivity index is 1.55. The van der Waals surface area contributed by atoms with Crippen LogP contribution in [0.5, 0.6) is 5.75 Å². The number of nitrogens with zero attached hydrogens (tertiary/aromatic N) is 5. The quantitative estimate of drug-likeness (QED) is 0.376. The van der Waals surface area contributed by atoms with E-state index in [2.05, 4.69) is 15.6 Å². The highest BCUT2D eigenvalue weighted by molar-refractivity contribution is 6.30. The highest BCUT2D eigenvalue weighted by Crippen LogP contribution is 2.31. The van der Waals surface area contributed by atoms with E-state index in [4.69, 9.17) is 21.2 Å². The Hall–Kier alpha value is -3.65. The molecule has 1 heterocycles. The zero-order chi connectivity index (χ0) is 24.2. The van der Waals surface area contributed by atoms with Crippen LogP contribution < -0.4 is 10.4 Å². The number of halogens is 1. The summed E-state index contributed by atoms with van der Waals surface area (Å²) in [5.41, 5.74) is 4.29. The van der Waals surface area contributed by atoms with Crippen molar-refractivity contribution in [1.29, 1.82) is 0 Å². The third-order valence-corrected chi connectivity index (χ3v) is 6.11. The van der Waals surface area contributed by atoms with Crippen molar-refractivity contribution < 1.29 is 9.57 Å². The van der Waals surface area contributed by atoms with Crippen LogP contribution in [0.15, 0.2) is 76.2 Å². The summed E-state index contributed by atoms with van der Waals surface area (Å²) in [4.78, 5) is 17.5. The largest absolute Gasteiger partial charge is 0.493 e. The molecule has 1 aromatic heterocycles. The minimum absolute atomic E-state index is 0.0573. The van der Waals surface area contributed by atoms with E-state index in [9.17, 15) is 4.79 Å². The number of ether oxygens (including phenoxy) is 1. The van der Waals surface area contributed by atoms with E-state index in [1.54, 1.807) is 7.05 Å². The monoisotopic (exact) mass is 479 g/mol. The van der Waals surface area contributed by atoms with Crippen molar-refractivity contribution in [2.45, 2.75) is 19.9 Å². The Labute approximate surface area is 202 Å². The Morgan fingerprint density at radius 2 is 1.85 bits per heavy atom. The van der Waals surface area contributed by atoms with E-state index in [0.29, 0.717) is 17.3 Å². The molecule has 9 heteroatoms. The highest BCUT2D eigenvalue weighted by atomic mass is 35.5. The van der Waals surface area contributed by atoms with Crippen LogP contribution in [0.25, 0.3) is 0 Å². The molecule has 8 nitrogen and oxygen atoms in total. The van der Waals surface area contributed by atoms with Crippen molar-refractivity contribution in [3.8, 4) is 5.75 Å². The molecule has 0 amide bonds. The molecule has 0 spiro atoms. The van der Waals surface area contributed by atoms with Crippen molar-refractivity contribution in [3.05, 3.63) is 98.5 Å². The molecule has 3 aromatic rings. The number of rotatable bonds is 7. The molecule has 2 aromatic carbocycles. The molecule has 0 aliphatic heterocycles. The molecule has 2 atom stereocenters. The molecular weight excluding hydrogens is 454 g/mol. The molecule has 1 aliphatic rings. The Morgan fingerprint density at radius 1 is 1.12 bits per heavy atom. The van der Waals surface area contributed by atoms with Crippen molar-refractivity contribution in [3.63, 3.8) is 0 Å². The zero-order valence-corrected chi connectivity index (χ0v) is 20.2. The maximum atomic E-state index is 12.4. The van der Waals surface area contributed by atoms with E-state index in [1.807, 2.05) is 74.5 Å². The number of aromatic nitrogens is 4. The van der Waals surface area contributed by atoms with Gasteiger partial charge in [-0.15, -0.1) is 0 Å². The topological polar surface area (TPSA) is 83.5 Å². The maximum Gasteiger partial charge on any atom is 0.363 e. The molecule has 0 radical (unpaired) electrons. The lowest BCUT2D eigenvalue weighted by Crippen LogP contribution is -2.34. The summed E-state index contributed by atoms with van der Waals surface area (Å²) >= 11 is 6.03. The first-order chi connectivity index (χ1) is 16.4. The number of benzene rings is 2. The van der Waals surface area contributed by atoms with Crippen LogP contribution in [0.3, 0.4) is 0 Å². The predicted octanol–water partition coefficient (Wildman–Crippen LogP) is 4.09. The minimum Gasteiger partial charge on any atom is -0.493 e. The molecule has 0 N–H and O–H groups in total. The Kier molecular flexibility index (Phi) is 6.98. The lowest BCUT2D eigenvalue weighted by Gasteiger charge is -2.27. The highest BCUT2D eigenvalue weighted by Gasteiger charge is 2.28. The van der Waals surface area contributed by atoms with Gasteiger partial charge in [-0.25, -0.2) is 4.79 Å². The van der Waals surface area contributed by atoms with Gasteiger partial charge in [0, 0.05) is 29.1 Å². The lowest BCUT2D eigenvalue weighted by molar-refractivity contribution is 0.214. The number of tetrazole rings is 1. The summed E-state index contributed by atoms with van der Waals surface area (Å²) in [6, 6.07) is 13.1. The SMILES string of the molecule is CON=C(c1ccc(Cl)cc1)c1ccc(OCC2C(C)=CC=CC2n2nnn(C)c2=O)c(C)c1. The van der Waals surface area contributed by atoms with Gasteiger partial charge in [-0.2, -0.15) is 9.36 Å². The standard InChI is InChI=1S/C25H26ClN5O3/c1-16-6-5-7-22(31-25(32)30(3)28-29-31)21(16)15-34-23-13-10-19(14-17(23)2)24(27-33-4)18-8-11-20(26)12-9-18/h5-14,21-22H,15H2,1-4H3. The summed E-state index contributed by atoms with van der Waals surface area (Å²) < 4.78 is 8.85. The fourth-order valence-electron chi connectivity index (χ4n) is 3.95. The van der Waals surface area contributed by atoms with Gasteiger partial charge in [0.05, 0.1) is 12.6 Å². The predicted molar refractivity (Wildman–Crippen MR) is 131 cm³/mol. The number of allylic oxidation sites excluding steroid dienone is 3. The molecule has 0 bridgehead atoms. The van der Waals surface area contributed by atoms with Crippen LogP contribution in [-0.2, 0) is 11.9 Å². The molecule has 34 heavy (non-hydrogen) atoms. The maximum absolute atomic E-state index is 12.4. The van der Waals surface area contributed by atoms with Crippen molar-refractivity contribution >= 4 is 17.3 Å². The van der Waals surface area contributed by atoms with Gasteiger partial charge in [-0.1, -0.05) is 52.7 Å². The summed E-state index contributed by atoms with van der Waals surface area (Å²) in [6.07, 6.45) is 5.92. The van der Waals surface area contributed by atoms with Crippen molar-refractivity contribution in [2.75, 3.05) is 13.7 Å². The van der Waals surface area contributed by atoms with E-state index < -0.39 is 0 Å². The first-order valence-corrected chi connectivity index (χ1v) is 11.2. The van der Waals surface area contributed by atoms with Crippen molar-refractivity contribution in [1.82, 2.24) is 19.8 Å². The molecule has 1 aliphatic carbocycles. The van der Waals surface area contributed by atoms with Crippen LogP contribution >= 0.6 is 11.6 Å². The second-order valence-electron chi connectivity index (χ2n) is 8.14. The van der Waals surface area contributed by atoms with Gasteiger partial charge < -0.3 is 9.57 Å². The van der Waals surface area contributed by atoms with Gasteiger partial charge in [-0.3, -0.25) is 0 Å². The molecule has 0 saturated carbocycles. The molecule has 2 unspecified atom stereocenters. The first kappa shape index (κ1) is 23.5. The summed E-state index contributed by atoms with van der Waals surface area (Å²) in [5, 5.41) is 12.8. The summed E-state index contributed by atoms with van der Waals surface area (Å²) in [6.45, 7) is 4.40. The number of oxime groups is 1. The zero-order valence-electron chi connectivity index (χ0n) is 19.5. The molecule has 176 valence electrons. The average molecular weight is 480 g/mol. The van der Waals surface area contributed by atoms with Gasteiger partial charge in [-0.05, 0) is 60.2 Å². The van der Waals surface area contributed by atoms with Crippen LogP contribution in [0.1, 0.15) is 29.7 Å². The second-order valence-corrected chi connectivity index (χ2v) is 8.58. The van der Waals surface area contributed by atoms with Gasteiger partial charge in [0.1, 0.15) is 18.6 Å². The molecule has 4 rings (SSSR count). The van der Waals surface area contributed by atoms with E-state index in [1.165, 1.54) is 16.5 Å². The van der Waals surface area contributed by atoms with E-state index in [-0.39, 0.29) is 17.6 Å². The van der Waals surface area contributed by atoms with Gasteiger partial charge in [0.15, 0.2) is 0 Å². The van der Waals surface area contributed by atoms with Gasteiger partial charge in [0.25, 0.3) is 0 Å². The lowest BCUT2D eigenvalue weighted by atomic mass is 9.89.